The lowest BCUT2D eigenvalue weighted by Gasteiger charge is -2.36. The summed E-state index contributed by atoms with van der Waals surface area (Å²) in [6.07, 6.45) is 0.725. The van der Waals surface area contributed by atoms with Crippen LogP contribution in [0, 0.1) is 0 Å². The zero-order chi connectivity index (χ0) is 14.8. The van der Waals surface area contributed by atoms with Gasteiger partial charge >= 0.3 is 0 Å². The van der Waals surface area contributed by atoms with Gasteiger partial charge in [-0.2, -0.15) is 0 Å². The highest BCUT2D eigenvalue weighted by atomic mass is 28.4. The molecular weight excluding hydrogens is 268 g/mol. The van der Waals surface area contributed by atoms with Gasteiger partial charge in [0.25, 0.3) is 0 Å². The van der Waals surface area contributed by atoms with Crippen LogP contribution in [0.25, 0.3) is 0 Å². The van der Waals surface area contributed by atoms with Crippen LogP contribution in [-0.2, 0) is 9.47 Å². The smallest absolute Gasteiger partial charge is 0.250 e. The molecule has 3 nitrogen and oxygen atoms in total. The molecule has 0 spiro atoms. The van der Waals surface area contributed by atoms with E-state index < -0.39 is 8.32 Å². The van der Waals surface area contributed by atoms with Crippen molar-refractivity contribution >= 4 is 8.32 Å². The standard InChI is InChI=1S/C16H26O3Si/c1-16(2,3)20(4,5)19-14-9-6-8-13(12-14)15-17-10-7-11-18-15/h6,8-9,12,15H,7,10-11H2,1-5H3. The molecule has 4 heteroatoms. The van der Waals surface area contributed by atoms with Gasteiger partial charge < -0.3 is 13.9 Å². The van der Waals surface area contributed by atoms with Crippen LogP contribution in [0.2, 0.25) is 18.1 Å². The van der Waals surface area contributed by atoms with E-state index in [9.17, 15) is 0 Å². The molecule has 0 bridgehead atoms. The summed E-state index contributed by atoms with van der Waals surface area (Å²) in [6, 6.07) is 8.12. The van der Waals surface area contributed by atoms with E-state index >= 15 is 0 Å². The van der Waals surface area contributed by atoms with E-state index in [1.165, 1.54) is 0 Å². The number of hydrogen-bond acceptors (Lipinski definition) is 3. The van der Waals surface area contributed by atoms with Crippen LogP contribution in [0.1, 0.15) is 39.0 Å². The van der Waals surface area contributed by atoms with Gasteiger partial charge in [0.2, 0.25) is 8.32 Å². The van der Waals surface area contributed by atoms with Crippen LogP contribution in [-0.4, -0.2) is 21.5 Å². The second-order valence-electron chi connectivity index (χ2n) is 6.86. The Balaban J connectivity index is 2.13. The molecule has 0 amide bonds. The lowest BCUT2D eigenvalue weighted by molar-refractivity contribution is -0.183. The molecule has 1 aromatic rings. The van der Waals surface area contributed by atoms with Crippen molar-refractivity contribution in [1.29, 1.82) is 0 Å². The Kier molecular flexibility index (Phi) is 4.57. The maximum absolute atomic E-state index is 6.33. The molecule has 0 N–H and O–H groups in total. The Bertz CT molecular complexity index is 445. The molecule has 2 rings (SSSR count). The molecule has 112 valence electrons. The number of ether oxygens (including phenoxy) is 2. The molecule has 1 fully saturated rings. The monoisotopic (exact) mass is 294 g/mol. The van der Waals surface area contributed by atoms with Crippen LogP contribution in [0.3, 0.4) is 0 Å². The summed E-state index contributed by atoms with van der Waals surface area (Å²) in [4.78, 5) is 0. The Morgan fingerprint density at radius 1 is 1.15 bits per heavy atom. The molecule has 0 saturated carbocycles. The quantitative estimate of drug-likeness (QED) is 0.768. The zero-order valence-corrected chi connectivity index (χ0v) is 14.2. The minimum Gasteiger partial charge on any atom is -0.543 e. The summed E-state index contributed by atoms with van der Waals surface area (Å²) in [7, 11) is -1.80. The minimum atomic E-state index is -1.80. The molecule has 0 aromatic heterocycles. The van der Waals surface area contributed by atoms with Crippen LogP contribution in [0.4, 0.5) is 0 Å². The topological polar surface area (TPSA) is 27.7 Å². The van der Waals surface area contributed by atoms with Crippen LogP contribution < -0.4 is 4.43 Å². The second kappa shape index (κ2) is 5.88. The van der Waals surface area contributed by atoms with E-state index in [2.05, 4.69) is 39.9 Å². The predicted octanol–water partition coefficient (Wildman–Crippen LogP) is 4.51. The molecule has 1 aliphatic rings. The highest BCUT2D eigenvalue weighted by Crippen LogP contribution is 2.38. The van der Waals surface area contributed by atoms with E-state index in [0.29, 0.717) is 0 Å². The van der Waals surface area contributed by atoms with Gasteiger partial charge in [-0.05, 0) is 36.7 Å². The molecule has 20 heavy (non-hydrogen) atoms. The van der Waals surface area contributed by atoms with Crippen LogP contribution >= 0.6 is 0 Å². The van der Waals surface area contributed by atoms with E-state index in [4.69, 9.17) is 13.9 Å². The first kappa shape index (κ1) is 15.5. The summed E-state index contributed by atoms with van der Waals surface area (Å²) in [6.45, 7) is 12.8. The number of benzene rings is 1. The number of hydrogen-bond donors (Lipinski definition) is 0. The van der Waals surface area contributed by atoms with Gasteiger partial charge in [-0.25, -0.2) is 0 Å². The van der Waals surface area contributed by atoms with Crippen molar-refractivity contribution < 1.29 is 13.9 Å². The molecule has 0 unspecified atom stereocenters. The second-order valence-corrected chi connectivity index (χ2v) is 11.6. The highest BCUT2D eigenvalue weighted by molar-refractivity contribution is 6.74. The maximum Gasteiger partial charge on any atom is 0.250 e. The van der Waals surface area contributed by atoms with Gasteiger partial charge in [-0.3, -0.25) is 0 Å². The molecule has 0 radical (unpaired) electrons. The van der Waals surface area contributed by atoms with Crippen LogP contribution in [0.5, 0.6) is 5.75 Å². The normalized spacial score (nSPS) is 18.1. The zero-order valence-electron chi connectivity index (χ0n) is 13.2. The molecule has 0 aliphatic carbocycles. The fourth-order valence-electron chi connectivity index (χ4n) is 1.85. The highest BCUT2D eigenvalue weighted by Gasteiger charge is 2.39. The first-order valence-electron chi connectivity index (χ1n) is 7.32. The van der Waals surface area contributed by atoms with Crippen molar-refractivity contribution in [2.24, 2.45) is 0 Å². The summed E-state index contributed by atoms with van der Waals surface area (Å²) >= 11 is 0. The summed E-state index contributed by atoms with van der Waals surface area (Å²) in [5, 5.41) is 0.195. The van der Waals surface area contributed by atoms with Crippen molar-refractivity contribution in [1.82, 2.24) is 0 Å². The summed E-state index contributed by atoms with van der Waals surface area (Å²) in [5.74, 6) is 0.923. The van der Waals surface area contributed by atoms with Crippen LogP contribution in [0.15, 0.2) is 24.3 Å². The average molecular weight is 294 g/mol. The average Bonchev–Trinajstić information content (AvgIpc) is 2.38. The van der Waals surface area contributed by atoms with E-state index in [1.54, 1.807) is 0 Å². The summed E-state index contributed by atoms with van der Waals surface area (Å²) < 4.78 is 17.6. The fraction of sp³-hybridized carbons (Fsp3) is 0.625. The maximum atomic E-state index is 6.33. The lowest BCUT2D eigenvalue weighted by Crippen LogP contribution is -2.43. The van der Waals surface area contributed by atoms with Gasteiger partial charge in [0.15, 0.2) is 6.29 Å². The lowest BCUT2D eigenvalue weighted by atomic mass is 10.2. The predicted molar refractivity (Wildman–Crippen MR) is 83.5 cm³/mol. The third kappa shape index (κ3) is 3.62. The van der Waals surface area contributed by atoms with Gasteiger partial charge in [0.1, 0.15) is 5.75 Å². The van der Waals surface area contributed by atoms with Crippen molar-refractivity contribution in [2.75, 3.05) is 13.2 Å². The van der Waals surface area contributed by atoms with Gasteiger partial charge in [-0.15, -0.1) is 0 Å². The Hall–Kier alpha value is -0.843. The van der Waals surface area contributed by atoms with E-state index in [0.717, 1.165) is 30.9 Å². The number of rotatable bonds is 3. The van der Waals surface area contributed by atoms with Gasteiger partial charge in [-0.1, -0.05) is 32.9 Å². The van der Waals surface area contributed by atoms with E-state index in [-0.39, 0.29) is 11.3 Å². The Labute approximate surface area is 123 Å². The van der Waals surface area contributed by atoms with Crippen molar-refractivity contribution in [3.8, 4) is 5.75 Å². The molecule has 1 heterocycles. The van der Waals surface area contributed by atoms with Crippen molar-refractivity contribution in [3.63, 3.8) is 0 Å². The minimum absolute atomic E-state index is 0.195. The largest absolute Gasteiger partial charge is 0.543 e. The van der Waals surface area contributed by atoms with Gasteiger partial charge in [0.05, 0.1) is 13.2 Å². The first-order chi connectivity index (χ1) is 9.29. The Morgan fingerprint density at radius 2 is 1.80 bits per heavy atom. The summed E-state index contributed by atoms with van der Waals surface area (Å²) in [5.41, 5.74) is 1.04. The first-order valence-corrected chi connectivity index (χ1v) is 10.2. The fourth-order valence-corrected chi connectivity index (χ4v) is 2.88. The molecule has 0 atom stereocenters. The molecule has 1 aromatic carbocycles. The third-order valence-corrected chi connectivity index (χ3v) is 8.49. The Morgan fingerprint density at radius 3 is 2.40 bits per heavy atom. The van der Waals surface area contributed by atoms with Crippen molar-refractivity contribution in [3.05, 3.63) is 29.8 Å². The molecule has 1 saturated heterocycles. The SMILES string of the molecule is CC(C)(C)[Si](C)(C)Oc1cccc(C2OCCCO2)c1. The van der Waals surface area contributed by atoms with E-state index in [1.807, 2.05) is 18.2 Å². The van der Waals surface area contributed by atoms with Crippen molar-refractivity contribution in [2.45, 2.75) is 51.6 Å². The molecular formula is C16H26O3Si. The van der Waals surface area contributed by atoms with Gasteiger partial charge in [0, 0.05) is 5.56 Å². The third-order valence-electron chi connectivity index (χ3n) is 4.14. The molecule has 1 aliphatic heterocycles.